The Bertz CT molecular complexity index is 769. The maximum Gasteiger partial charge on any atom is 0.349 e. The standard InChI is InChI=1S/C11H8BrNO5S2/c1-7-2-3-9(8(6-7)13(14)15)18-20(16,17)11-5-4-10(12)19-11/h2-6H,1H3. The van der Waals surface area contributed by atoms with Crippen molar-refractivity contribution in [3.63, 3.8) is 0 Å². The Labute approximate surface area is 127 Å². The van der Waals surface area contributed by atoms with Crippen LogP contribution in [0.3, 0.4) is 0 Å². The smallest absolute Gasteiger partial charge is 0.349 e. The third kappa shape index (κ3) is 3.17. The first-order valence-corrected chi connectivity index (χ1v) is 8.26. The average molecular weight is 378 g/mol. The summed E-state index contributed by atoms with van der Waals surface area (Å²) in [4.78, 5) is 10.2. The van der Waals surface area contributed by atoms with Crippen LogP contribution in [0.15, 0.2) is 38.3 Å². The van der Waals surface area contributed by atoms with E-state index in [0.717, 1.165) is 11.3 Å². The van der Waals surface area contributed by atoms with E-state index in [9.17, 15) is 18.5 Å². The molecule has 0 N–H and O–H groups in total. The lowest BCUT2D eigenvalue weighted by atomic mass is 10.2. The molecule has 0 amide bonds. The second kappa shape index (κ2) is 5.51. The normalized spacial score (nSPS) is 11.3. The lowest BCUT2D eigenvalue weighted by Gasteiger charge is -2.06. The van der Waals surface area contributed by atoms with Gasteiger partial charge in [0.15, 0.2) is 4.21 Å². The molecule has 0 spiro atoms. The maximum absolute atomic E-state index is 12.0. The van der Waals surface area contributed by atoms with Gasteiger partial charge in [0, 0.05) is 6.07 Å². The minimum absolute atomic E-state index is 0.0285. The van der Waals surface area contributed by atoms with Crippen LogP contribution in [0.1, 0.15) is 5.56 Å². The Morgan fingerprint density at radius 1 is 1.30 bits per heavy atom. The molecule has 2 rings (SSSR count). The average Bonchev–Trinajstić information content (AvgIpc) is 2.78. The lowest BCUT2D eigenvalue weighted by Crippen LogP contribution is -2.09. The molecule has 6 nitrogen and oxygen atoms in total. The SMILES string of the molecule is Cc1ccc(OS(=O)(=O)c2ccc(Br)s2)c([N+](=O)[O-])c1. The molecule has 106 valence electrons. The molecule has 1 aromatic heterocycles. The topological polar surface area (TPSA) is 86.5 Å². The van der Waals surface area contributed by atoms with Gasteiger partial charge in [-0.25, -0.2) is 0 Å². The van der Waals surface area contributed by atoms with Crippen molar-refractivity contribution >= 4 is 43.1 Å². The number of nitro groups is 1. The van der Waals surface area contributed by atoms with Crippen molar-refractivity contribution in [3.05, 3.63) is 49.8 Å². The molecule has 2 aromatic rings. The number of halogens is 1. The van der Waals surface area contributed by atoms with Gasteiger partial charge >= 0.3 is 15.8 Å². The number of hydrogen-bond acceptors (Lipinski definition) is 6. The Hall–Kier alpha value is -1.45. The van der Waals surface area contributed by atoms with Crippen LogP contribution in [-0.4, -0.2) is 13.3 Å². The quantitative estimate of drug-likeness (QED) is 0.462. The van der Waals surface area contributed by atoms with Gasteiger partial charge in [-0.15, -0.1) is 11.3 Å². The number of benzene rings is 1. The predicted octanol–water partition coefficient (Wildman–Crippen LogP) is 3.49. The van der Waals surface area contributed by atoms with E-state index in [2.05, 4.69) is 15.9 Å². The van der Waals surface area contributed by atoms with Crippen molar-refractivity contribution in [3.8, 4) is 5.75 Å². The fraction of sp³-hybridized carbons (Fsp3) is 0.0909. The highest BCUT2D eigenvalue weighted by Gasteiger charge is 2.24. The number of nitro benzene ring substituents is 1. The van der Waals surface area contributed by atoms with Crippen molar-refractivity contribution in [2.75, 3.05) is 0 Å². The highest BCUT2D eigenvalue weighted by atomic mass is 79.9. The van der Waals surface area contributed by atoms with Crippen molar-refractivity contribution in [1.29, 1.82) is 0 Å². The van der Waals surface area contributed by atoms with Crippen molar-refractivity contribution in [2.24, 2.45) is 0 Å². The van der Waals surface area contributed by atoms with E-state index >= 15 is 0 Å². The molecule has 0 saturated heterocycles. The van der Waals surface area contributed by atoms with Gasteiger partial charge in [0.1, 0.15) is 0 Å². The molecule has 0 aliphatic heterocycles. The number of hydrogen-bond donors (Lipinski definition) is 0. The second-order valence-corrected chi connectivity index (χ2v) is 8.06. The Morgan fingerprint density at radius 2 is 2.00 bits per heavy atom. The molecular formula is C11H8BrNO5S2. The molecule has 1 aromatic carbocycles. The number of nitrogens with zero attached hydrogens (tertiary/aromatic N) is 1. The minimum atomic E-state index is -4.08. The minimum Gasteiger partial charge on any atom is -0.371 e. The third-order valence-corrected chi connectivity index (χ3v) is 5.61. The fourth-order valence-corrected chi connectivity index (χ4v) is 4.35. The Kier molecular flexibility index (Phi) is 4.11. The zero-order chi connectivity index (χ0) is 14.9. The van der Waals surface area contributed by atoms with Crippen molar-refractivity contribution in [2.45, 2.75) is 11.1 Å². The van der Waals surface area contributed by atoms with Crippen molar-refractivity contribution < 1.29 is 17.5 Å². The third-order valence-electron chi connectivity index (χ3n) is 2.31. The van der Waals surface area contributed by atoms with Gasteiger partial charge < -0.3 is 4.18 Å². The summed E-state index contributed by atoms with van der Waals surface area (Å²) in [5.41, 5.74) is 0.254. The molecule has 0 radical (unpaired) electrons. The van der Waals surface area contributed by atoms with E-state index in [4.69, 9.17) is 4.18 Å². The summed E-state index contributed by atoms with van der Waals surface area (Å²) in [6.45, 7) is 1.67. The van der Waals surface area contributed by atoms with Crippen LogP contribution in [0.25, 0.3) is 0 Å². The molecule has 0 bridgehead atoms. The zero-order valence-corrected chi connectivity index (χ0v) is 13.3. The van der Waals surface area contributed by atoms with Crippen LogP contribution in [-0.2, 0) is 10.1 Å². The largest absolute Gasteiger partial charge is 0.371 e. The first-order chi connectivity index (χ1) is 9.29. The molecule has 0 saturated carbocycles. The predicted molar refractivity (Wildman–Crippen MR) is 77.7 cm³/mol. The van der Waals surface area contributed by atoms with E-state index in [-0.39, 0.29) is 15.6 Å². The molecular weight excluding hydrogens is 370 g/mol. The molecule has 0 atom stereocenters. The van der Waals surface area contributed by atoms with E-state index in [1.807, 2.05) is 0 Å². The van der Waals surface area contributed by atoms with Gasteiger partial charge in [-0.05, 0) is 46.6 Å². The number of aryl methyl sites for hydroxylation is 1. The summed E-state index contributed by atoms with van der Waals surface area (Å²) in [7, 11) is -4.08. The monoisotopic (exact) mass is 377 g/mol. The highest BCUT2D eigenvalue weighted by Crippen LogP contribution is 2.33. The lowest BCUT2D eigenvalue weighted by molar-refractivity contribution is -0.385. The van der Waals surface area contributed by atoms with Crippen LogP contribution in [0.4, 0.5) is 5.69 Å². The highest BCUT2D eigenvalue weighted by molar-refractivity contribution is 9.11. The van der Waals surface area contributed by atoms with Crippen LogP contribution >= 0.6 is 27.3 Å². The summed E-state index contributed by atoms with van der Waals surface area (Å²) < 4.78 is 29.5. The molecule has 20 heavy (non-hydrogen) atoms. The van der Waals surface area contributed by atoms with E-state index in [1.165, 1.54) is 18.2 Å². The van der Waals surface area contributed by atoms with E-state index in [0.29, 0.717) is 9.35 Å². The summed E-state index contributed by atoms with van der Waals surface area (Å²) >= 11 is 4.11. The van der Waals surface area contributed by atoms with Gasteiger partial charge in [-0.3, -0.25) is 10.1 Å². The van der Waals surface area contributed by atoms with Crippen LogP contribution in [0, 0.1) is 17.0 Å². The van der Waals surface area contributed by atoms with Crippen LogP contribution < -0.4 is 4.18 Å². The summed E-state index contributed by atoms with van der Waals surface area (Å²) in [5.74, 6) is -0.301. The summed E-state index contributed by atoms with van der Waals surface area (Å²) in [6.07, 6.45) is 0. The first kappa shape index (κ1) is 14.9. The van der Waals surface area contributed by atoms with E-state index in [1.54, 1.807) is 19.1 Å². The van der Waals surface area contributed by atoms with Gasteiger partial charge in [-0.2, -0.15) is 8.42 Å². The number of thiophene rings is 1. The molecule has 0 aliphatic rings. The summed E-state index contributed by atoms with van der Waals surface area (Å²) in [5, 5.41) is 10.9. The van der Waals surface area contributed by atoms with Crippen molar-refractivity contribution in [1.82, 2.24) is 0 Å². The van der Waals surface area contributed by atoms with E-state index < -0.39 is 15.0 Å². The molecule has 9 heteroatoms. The molecule has 1 heterocycles. The Morgan fingerprint density at radius 3 is 2.55 bits per heavy atom. The Balaban J connectivity index is 2.42. The second-order valence-electron chi connectivity index (χ2n) is 3.82. The molecule has 0 fully saturated rings. The van der Waals surface area contributed by atoms with Gasteiger partial charge in [0.25, 0.3) is 0 Å². The van der Waals surface area contributed by atoms with Gasteiger partial charge in [-0.1, -0.05) is 6.07 Å². The van der Waals surface area contributed by atoms with Crippen LogP contribution in [0.5, 0.6) is 5.75 Å². The maximum atomic E-state index is 12.0. The summed E-state index contributed by atoms with van der Waals surface area (Å²) in [6, 6.07) is 7.00. The van der Waals surface area contributed by atoms with Gasteiger partial charge in [0.05, 0.1) is 8.71 Å². The molecule has 0 unspecified atom stereocenters. The zero-order valence-electron chi connectivity index (χ0n) is 10.1. The van der Waals surface area contributed by atoms with Gasteiger partial charge in [0.2, 0.25) is 5.75 Å². The first-order valence-electron chi connectivity index (χ1n) is 5.24. The number of rotatable bonds is 4. The van der Waals surface area contributed by atoms with Crippen LogP contribution in [0.2, 0.25) is 0 Å². The fourth-order valence-electron chi connectivity index (χ4n) is 1.43. The molecule has 0 aliphatic carbocycles.